The molecular formula is C16H18N4O2S. The van der Waals surface area contributed by atoms with Gasteiger partial charge in [-0.25, -0.2) is 0 Å². The molecule has 1 atom stereocenters. The number of hydrogen-bond donors (Lipinski definition) is 2. The summed E-state index contributed by atoms with van der Waals surface area (Å²) in [5.41, 5.74) is 7.88. The van der Waals surface area contributed by atoms with Crippen LogP contribution in [0, 0.1) is 6.92 Å². The van der Waals surface area contributed by atoms with Gasteiger partial charge in [0.2, 0.25) is 5.76 Å². The number of nitrogens with two attached hydrogens (primary N) is 1. The minimum atomic E-state index is -0.362. The van der Waals surface area contributed by atoms with Gasteiger partial charge in [-0.05, 0) is 38.0 Å². The average Bonchev–Trinajstić information content (AvgIpc) is 2.94. The molecule has 1 amide bonds. The van der Waals surface area contributed by atoms with Crippen molar-refractivity contribution in [2.24, 2.45) is 10.7 Å². The van der Waals surface area contributed by atoms with E-state index in [1.54, 1.807) is 24.8 Å². The molecule has 0 saturated heterocycles. The maximum absolute atomic E-state index is 12.2. The molecule has 6 nitrogen and oxygen atoms in total. The molecule has 0 spiro atoms. The largest absolute Gasteiger partial charge is 0.379 e. The minimum Gasteiger partial charge on any atom is -0.379 e. The van der Waals surface area contributed by atoms with Crippen LogP contribution in [0.3, 0.4) is 0 Å². The summed E-state index contributed by atoms with van der Waals surface area (Å²) in [4.78, 5) is 16.7. The Hall–Kier alpha value is -2.28. The van der Waals surface area contributed by atoms with Crippen LogP contribution in [0.25, 0.3) is 0 Å². The van der Waals surface area contributed by atoms with Crippen LogP contribution in [0.4, 0.5) is 5.69 Å². The maximum atomic E-state index is 12.2. The first-order valence-electron chi connectivity index (χ1n) is 7.30. The molecule has 3 N–H and O–H groups in total. The lowest BCUT2D eigenvalue weighted by atomic mass is 9.89. The molecule has 2 aromatic rings. The first-order valence-corrected chi connectivity index (χ1v) is 8.28. The number of hydrogen-bond acceptors (Lipinski definition) is 6. The lowest BCUT2D eigenvalue weighted by molar-refractivity contribution is 0.0988. The molecule has 2 heterocycles. The lowest BCUT2D eigenvalue weighted by Gasteiger charge is -2.30. The van der Waals surface area contributed by atoms with Crippen LogP contribution in [-0.4, -0.2) is 22.0 Å². The molecule has 23 heavy (non-hydrogen) atoms. The number of amidine groups is 1. The number of rotatable bonds is 3. The molecule has 0 unspecified atom stereocenters. The number of carbonyl (C=O) groups is 1. The van der Waals surface area contributed by atoms with E-state index in [4.69, 9.17) is 10.3 Å². The number of nitrogens with one attached hydrogen (secondary N) is 1. The minimum absolute atomic E-state index is 0.190. The van der Waals surface area contributed by atoms with E-state index in [0.29, 0.717) is 16.5 Å². The SMILES string of the molecule is Cc1cc(C(=O)Nc2cccc([C@]3(C)CCSC(N)=N3)c2)on1. The fourth-order valence-electron chi connectivity index (χ4n) is 2.49. The van der Waals surface area contributed by atoms with Crippen LogP contribution in [0.5, 0.6) is 0 Å². The summed E-state index contributed by atoms with van der Waals surface area (Å²) in [7, 11) is 0. The highest BCUT2D eigenvalue weighted by Gasteiger charge is 2.29. The molecule has 1 aliphatic rings. The van der Waals surface area contributed by atoms with E-state index in [9.17, 15) is 4.79 Å². The van der Waals surface area contributed by atoms with Gasteiger partial charge in [-0.2, -0.15) is 0 Å². The van der Waals surface area contributed by atoms with E-state index < -0.39 is 0 Å². The van der Waals surface area contributed by atoms with Crippen molar-refractivity contribution in [2.45, 2.75) is 25.8 Å². The van der Waals surface area contributed by atoms with Gasteiger partial charge < -0.3 is 15.6 Å². The Balaban J connectivity index is 1.83. The molecule has 3 rings (SSSR count). The Kier molecular flexibility index (Phi) is 4.12. The number of aryl methyl sites for hydroxylation is 1. The molecule has 0 saturated carbocycles. The second kappa shape index (κ2) is 6.08. The molecule has 0 bridgehead atoms. The standard InChI is InChI=1S/C16H18N4O2S/c1-10-8-13(22-20-10)14(21)18-12-5-3-4-11(9-12)16(2)6-7-23-15(17)19-16/h3-5,8-9H,6-7H2,1-2H3,(H2,17,19)(H,18,21)/t16-/m0/s1. The number of nitrogens with zero attached hydrogens (tertiary/aromatic N) is 2. The lowest BCUT2D eigenvalue weighted by Crippen LogP contribution is -2.28. The van der Waals surface area contributed by atoms with Gasteiger partial charge in [-0.1, -0.05) is 29.1 Å². The van der Waals surface area contributed by atoms with Crippen molar-refractivity contribution in [2.75, 3.05) is 11.1 Å². The normalized spacial score (nSPS) is 20.9. The summed E-state index contributed by atoms with van der Waals surface area (Å²) in [5, 5.41) is 7.14. The van der Waals surface area contributed by atoms with E-state index in [-0.39, 0.29) is 17.2 Å². The second-order valence-corrected chi connectivity index (χ2v) is 6.81. The monoisotopic (exact) mass is 330 g/mol. The van der Waals surface area contributed by atoms with Gasteiger partial charge in [0.15, 0.2) is 5.17 Å². The van der Waals surface area contributed by atoms with Crippen molar-refractivity contribution in [3.8, 4) is 0 Å². The summed E-state index contributed by atoms with van der Waals surface area (Å²) in [6.07, 6.45) is 0.900. The Morgan fingerprint density at radius 3 is 2.96 bits per heavy atom. The zero-order chi connectivity index (χ0) is 16.4. The smallest absolute Gasteiger partial charge is 0.294 e. The van der Waals surface area contributed by atoms with Crippen molar-refractivity contribution in [1.29, 1.82) is 0 Å². The quantitative estimate of drug-likeness (QED) is 0.902. The topological polar surface area (TPSA) is 93.5 Å². The van der Waals surface area contributed by atoms with Crippen LogP contribution in [0.15, 0.2) is 39.8 Å². The Morgan fingerprint density at radius 1 is 1.43 bits per heavy atom. The van der Waals surface area contributed by atoms with Gasteiger partial charge >= 0.3 is 0 Å². The first kappa shape index (κ1) is 15.6. The maximum Gasteiger partial charge on any atom is 0.294 e. The van der Waals surface area contributed by atoms with Crippen LogP contribution >= 0.6 is 11.8 Å². The van der Waals surface area contributed by atoms with Crippen LogP contribution in [0.2, 0.25) is 0 Å². The van der Waals surface area contributed by atoms with Crippen molar-refractivity contribution in [1.82, 2.24) is 5.16 Å². The van der Waals surface area contributed by atoms with Crippen LogP contribution in [-0.2, 0) is 5.54 Å². The van der Waals surface area contributed by atoms with Gasteiger partial charge in [0.05, 0.1) is 11.2 Å². The van der Waals surface area contributed by atoms with Gasteiger partial charge in [0.1, 0.15) is 0 Å². The number of benzene rings is 1. The summed E-state index contributed by atoms with van der Waals surface area (Å²) < 4.78 is 4.98. The number of carbonyl (C=O) groups excluding carboxylic acids is 1. The molecular weight excluding hydrogens is 312 g/mol. The fourth-order valence-corrected chi connectivity index (χ4v) is 3.46. The number of anilines is 1. The summed E-state index contributed by atoms with van der Waals surface area (Å²) >= 11 is 1.57. The summed E-state index contributed by atoms with van der Waals surface area (Å²) in [6.45, 7) is 3.82. The average molecular weight is 330 g/mol. The molecule has 1 aromatic heterocycles. The summed E-state index contributed by atoms with van der Waals surface area (Å²) in [6, 6.07) is 9.26. The molecule has 1 aliphatic heterocycles. The number of amides is 1. The number of aromatic nitrogens is 1. The van der Waals surface area contributed by atoms with Gasteiger partial charge in [0, 0.05) is 17.5 Å². The number of aliphatic imine (C=N–C) groups is 1. The highest BCUT2D eigenvalue weighted by Crippen LogP contribution is 2.35. The number of thioether (sulfide) groups is 1. The van der Waals surface area contributed by atoms with E-state index in [1.165, 1.54) is 0 Å². The van der Waals surface area contributed by atoms with Gasteiger partial charge in [-0.15, -0.1) is 0 Å². The van der Waals surface area contributed by atoms with Crippen LogP contribution < -0.4 is 11.1 Å². The Labute approximate surface area is 138 Å². The molecule has 0 fully saturated rings. The van der Waals surface area contributed by atoms with Crippen molar-refractivity contribution in [3.63, 3.8) is 0 Å². The third-order valence-corrected chi connectivity index (χ3v) is 4.59. The molecule has 0 aliphatic carbocycles. The zero-order valence-electron chi connectivity index (χ0n) is 13.0. The highest BCUT2D eigenvalue weighted by molar-refractivity contribution is 8.13. The van der Waals surface area contributed by atoms with Crippen LogP contribution in [0.1, 0.15) is 35.2 Å². The first-order chi connectivity index (χ1) is 11.0. The van der Waals surface area contributed by atoms with E-state index in [1.807, 2.05) is 24.3 Å². The molecule has 1 aromatic carbocycles. The Morgan fingerprint density at radius 2 is 2.26 bits per heavy atom. The predicted molar refractivity (Wildman–Crippen MR) is 91.7 cm³/mol. The highest BCUT2D eigenvalue weighted by atomic mass is 32.2. The third-order valence-electron chi connectivity index (χ3n) is 3.79. The molecule has 7 heteroatoms. The van der Waals surface area contributed by atoms with Crippen molar-refractivity contribution in [3.05, 3.63) is 47.3 Å². The van der Waals surface area contributed by atoms with Gasteiger partial charge in [-0.3, -0.25) is 9.79 Å². The Bertz CT molecular complexity index is 771. The fraction of sp³-hybridized carbons (Fsp3) is 0.312. The zero-order valence-corrected chi connectivity index (χ0v) is 13.8. The van der Waals surface area contributed by atoms with Crippen molar-refractivity contribution >= 4 is 28.5 Å². The molecule has 120 valence electrons. The second-order valence-electron chi connectivity index (χ2n) is 5.69. The molecule has 0 radical (unpaired) electrons. The van der Waals surface area contributed by atoms with E-state index in [2.05, 4.69) is 22.4 Å². The van der Waals surface area contributed by atoms with Gasteiger partial charge in [0.25, 0.3) is 5.91 Å². The van der Waals surface area contributed by atoms with Crippen molar-refractivity contribution < 1.29 is 9.32 Å². The third kappa shape index (κ3) is 3.39. The predicted octanol–water partition coefficient (Wildman–Crippen LogP) is 2.90. The van der Waals surface area contributed by atoms with E-state index in [0.717, 1.165) is 17.7 Å². The summed E-state index contributed by atoms with van der Waals surface area (Å²) in [5.74, 6) is 0.797. The van der Waals surface area contributed by atoms with E-state index >= 15 is 0 Å².